The Morgan fingerprint density at radius 3 is 1.45 bits per heavy atom. The molecule has 0 saturated heterocycles. The van der Waals surface area contributed by atoms with Gasteiger partial charge in [0, 0.05) is 0 Å². The molecule has 0 aliphatic rings. The molecule has 8 heteroatoms. The van der Waals surface area contributed by atoms with E-state index in [4.69, 9.17) is 0 Å². The van der Waals surface area contributed by atoms with E-state index in [0.717, 1.165) is 27.6 Å². The second-order valence-corrected chi connectivity index (χ2v) is 7.44. The minimum absolute atomic E-state index is 0.169. The first-order valence-electron chi connectivity index (χ1n) is 10.3. The Hall–Kier alpha value is -4.72. The maximum absolute atomic E-state index is 9.81. The molecule has 0 aliphatic heterocycles. The summed E-state index contributed by atoms with van der Waals surface area (Å²) in [5.74, 6) is 0.346. The van der Waals surface area contributed by atoms with E-state index >= 15 is 0 Å². The number of benzene rings is 4. The molecule has 33 heavy (non-hydrogen) atoms. The number of aryl methyl sites for hydroxylation is 1. The molecule has 0 unspecified atom stereocenters. The van der Waals surface area contributed by atoms with Gasteiger partial charge in [-0.2, -0.15) is 0 Å². The molecule has 0 amide bonds. The van der Waals surface area contributed by atoms with Crippen LogP contribution in [0.1, 0.15) is 5.56 Å². The van der Waals surface area contributed by atoms with Gasteiger partial charge in [0.05, 0.1) is 0 Å². The highest BCUT2D eigenvalue weighted by Gasteiger charge is 2.08. The lowest BCUT2D eigenvalue weighted by atomic mass is 10.2. The van der Waals surface area contributed by atoms with Crippen LogP contribution in [0.5, 0.6) is 11.5 Å². The van der Waals surface area contributed by atoms with Gasteiger partial charge in [-0.25, -0.2) is 0 Å². The number of phenols is 2. The van der Waals surface area contributed by atoms with Gasteiger partial charge in [-0.05, 0) is 61.0 Å². The second kappa shape index (κ2) is 8.43. The topological polar surface area (TPSA) is 102 Å². The fourth-order valence-electron chi connectivity index (χ4n) is 3.36. The smallest absolute Gasteiger partial charge is 0.143 e. The molecular formula is C25H20N6O2. The van der Waals surface area contributed by atoms with Crippen LogP contribution >= 0.6 is 0 Å². The van der Waals surface area contributed by atoms with Gasteiger partial charge in [0.15, 0.2) is 0 Å². The van der Waals surface area contributed by atoms with E-state index in [2.05, 4.69) is 20.4 Å². The van der Waals surface area contributed by atoms with Crippen molar-refractivity contribution in [2.75, 3.05) is 0 Å². The van der Waals surface area contributed by atoms with E-state index in [1.165, 1.54) is 9.59 Å². The summed E-state index contributed by atoms with van der Waals surface area (Å²) in [5.41, 5.74) is 5.48. The monoisotopic (exact) mass is 436 g/mol. The van der Waals surface area contributed by atoms with E-state index < -0.39 is 0 Å². The van der Waals surface area contributed by atoms with Crippen molar-refractivity contribution >= 4 is 22.1 Å². The van der Waals surface area contributed by atoms with Crippen LogP contribution in [0.15, 0.2) is 91.0 Å². The van der Waals surface area contributed by atoms with Crippen LogP contribution in [-0.4, -0.2) is 40.2 Å². The van der Waals surface area contributed by atoms with Gasteiger partial charge in [0.25, 0.3) is 0 Å². The molecule has 4 aromatic carbocycles. The maximum atomic E-state index is 9.81. The van der Waals surface area contributed by atoms with E-state index in [9.17, 15) is 10.2 Å². The predicted octanol–water partition coefficient (Wildman–Crippen LogP) is 4.56. The minimum Gasteiger partial charge on any atom is -0.506 e. The molecule has 0 fully saturated rings. The van der Waals surface area contributed by atoms with Crippen LogP contribution in [0.2, 0.25) is 0 Å². The number of aromatic hydroxyl groups is 2. The Bertz CT molecular complexity index is 1500. The van der Waals surface area contributed by atoms with Crippen LogP contribution in [0.4, 0.5) is 0 Å². The third kappa shape index (κ3) is 4.09. The zero-order chi connectivity index (χ0) is 22.8. The van der Waals surface area contributed by atoms with Gasteiger partial charge in [-0.1, -0.05) is 42.5 Å². The molecule has 6 aromatic rings. The number of hydrogen-bond acceptors (Lipinski definition) is 6. The number of aromatic nitrogens is 6. The Morgan fingerprint density at radius 2 is 0.939 bits per heavy atom. The van der Waals surface area contributed by atoms with E-state index in [-0.39, 0.29) is 11.5 Å². The average molecular weight is 436 g/mol. The lowest BCUT2D eigenvalue weighted by molar-refractivity contribution is 0.467. The summed E-state index contributed by atoms with van der Waals surface area (Å²) in [7, 11) is 0. The van der Waals surface area contributed by atoms with Gasteiger partial charge in [-0.3, -0.25) is 0 Å². The molecule has 0 radical (unpaired) electrons. The summed E-state index contributed by atoms with van der Waals surface area (Å²) in [6.45, 7) is 1.96. The SMILES string of the molecule is Cc1ccc(O)c(-n2nc3ccccc3n2)c1.Oc1ccccc1-n1nc2ccccc2n1. The van der Waals surface area contributed by atoms with Crippen molar-refractivity contribution in [3.8, 4) is 22.9 Å². The van der Waals surface area contributed by atoms with Gasteiger partial charge in [0.1, 0.15) is 44.9 Å². The van der Waals surface area contributed by atoms with Crippen LogP contribution in [-0.2, 0) is 0 Å². The fraction of sp³-hybridized carbons (Fsp3) is 0.0400. The Morgan fingerprint density at radius 1 is 0.515 bits per heavy atom. The molecule has 2 N–H and O–H groups in total. The first kappa shape index (κ1) is 20.2. The zero-order valence-corrected chi connectivity index (χ0v) is 17.7. The first-order valence-corrected chi connectivity index (χ1v) is 10.3. The summed E-state index contributed by atoms with van der Waals surface area (Å²) in [4.78, 5) is 2.91. The molecular weight excluding hydrogens is 416 g/mol. The zero-order valence-electron chi connectivity index (χ0n) is 17.7. The molecule has 0 bridgehead atoms. The molecule has 0 aliphatic carbocycles. The molecule has 6 rings (SSSR count). The van der Waals surface area contributed by atoms with E-state index in [1.54, 1.807) is 24.3 Å². The quantitative estimate of drug-likeness (QED) is 0.413. The van der Waals surface area contributed by atoms with Crippen LogP contribution < -0.4 is 0 Å². The maximum Gasteiger partial charge on any atom is 0.143 e. The number of hydrogen-bond donors (Lipinski definition) is 2. The molecule has 2 heterocycles. The average Bonchev–Trinajstić information content (AvgIpc) is 3.45. The van der Waals surface area contributed by atoms with Crippen molar-refractivity contribution in [3.05, 3.63) is 96.6 Å². The molecule has 0 spiro atoms. The van der Waals surface area contributed by atoms with E-state index in [1.807, 2.05) is 73.7 Å². The summed E-state index contributed by atoms with van der Waals surface area (Å²) in [6, 6.07) is 27.6. The van der Waals surface area contributed by atoms with Gasteiger partial charge < -0.3 is 10.2 Å². The van der Waals surface area contributed by atoms with Crippen LogP contribution in [0, 0.1) is 6.92 Å². The van der Waals surface area contributed by atoms with Crippen molar-refractivity contribution < 1.29 is 10.2 Å². The standard InChI is InChI=1S/C13H11N3O.C12H9N3O/c1-9-6-7-13(17)12(8-9)16-14-10-4-2-3-5-11(10)15-16;16-12-8-4-3-7-11(12)15-13-9-5-1-2-6-10(9)14-15/h2-8,17H,1H3;1-8,16H. The highest BCUT2D eigenvalue weighted by molar-refractivity contribution is 5.74. The third-order valence-electron chi connectivity index (χ3n) is 5.02. The van der Waals surface area contributed by atoms with Gasteiger partial charge in [0.2, 0.25) is 0 Å². The molecule has 162 valence electrons. The van der Waals surface area contributed by atoms with Gasteiger partial charge in [-0.15, -0.1) is 30.0 Å². The Balaban J connectivity index is 0.000000139. The summed E-state index contributed by atoms with van der Waals surface area (Å²) >= 11 is 0. The normalized spacial score (nSPS) is 10.8. The number of fused-ring (bicyclic) bond motifs is 2. The summed E-state index contributed by atoms with van der Waals surface area (Å²) in [6.07, 6.45) is 0. The highest BCUT2D eigenvalue weighted by atomic mass is 16.3. The number of nitrogens with zero attached hydrogens (tertiary/aromatic N) is 6. The Kier molecular flexibility index (Phi) is 5.16. The van der Waals surface area contributed by atoms with Crippen LogP contribution in [0.3, 0.4) is 0 Å². The summed E-state index contributed by atoms with van der Waals surface area (Å²) < 4.78 is 0. The third-order valence-corrected chi connectivity index (χ3v) is 5.02. The summed E-state index contributed by atoms with van der Waals surface area (Å²) in [5, 5.41) is 36.7. The number of phenolic OH excluding ortho intramolecular Hbond substituents is 2. The highest BCUT2D eigenvalue weighted by Crippen LogP contribution is 2.23. The van der Waals surface area contributed by atoms with Gasteiger partial charge >= 0.3 is 0 Å². The fourth-order valence-corrected chi connectivity index (χ4v) is 3.36. The molecule has 8 nitrogen and oxygen atoms in total. The molecule has 0 saturated carbocycles. The van der Waals surface area contributed by atoms with Crippen molar-refractivity contribution in [1.29, 1.82) is 0 Å². The lowest BCUT2D eigenvalue weighted by Crippen LogP contribution is -1.99. The largest absolute Gasteiger partial charge is 0.506 e. The molecule has 0 atom stereocenters. The van der Waals surface area contributed by atoms with Crippen molar-refractivity contribution in [2.24, 2.45) is 0 Å². The minimum atomic E-state index is 0.169. The number of rotatable bonds is 2. The van der Waals surface area contributed by atoms with E-state index in [0.29, 0.717) is 11.4 Å². The lowest BCUT2D eigenvalue weighted by Gasteiger charge is -2.03. The van der Waals surface area contributed by atoms with Crippen molar-refractivity contribution in [2.45, 2.75) is 6.92 Å². The first-order chi connectivity index (χ1) is 16.1. The predicted molar refractivity (Wildman–Crippen MR) is 126 cm³/mol. The van der Waals surface area contributed by atoms with Crippen molar-refractivity contribution in [1.82, 2.24) is 30.0 Å². The van der Waals surface area contributed by atoms with Crippen molar-refractivity contribution in [3.63, 3.8) is 0 Å². The number of para-hydroxylation sites is 2. The second-order valence-electron chi connectivity index (χ2n) is 7.44. The molecule has 2 aromatic heterocycles. The van der Waals surface area contributed by atoms with Crippen LogP contribution in [0.25, 0.3) is 33.4 Å². The Labute approximate surface area is 189 Å².